The van der Waals surface area contributed by atoms with E-state index in [1.165, 1.54) is 37.7 Å². The Kier molecular flexibility index (Phi) is 5.93. The Morgan fingerprint density at radius 1 is 1.00 bits per heavy atom. The first-order chi connectivity index (χ1) is 9.85. The Morgan fingerprint density at radius 3 is 2.55 bits per heavy atom. The summed E-state index contributed by atoms with van der Waals surface area (Å²) in [5, 5.41) is 3.59. The molecule has 1 aromatic heterocycles. The number of fused-ring (bicyclic) bond motifs is 1. The molecule has 0 aliphatic rings. The van der Waals surface area contributed by atoms with Gasteiger partial charge < -0.3 is 5.32 Å². The molecule has 0 spiro atoms. The smallest absolute Gasteiger partial charge is 0.0890 e. The van der Waals surface area contributed by atoms with Gasteiger partial charge in [-0.2, -0.15) is 0 Å². The molecule has 20 heavy (non-hydrogen) atoms. The summed E-state index contributed by atoms with van der Waals surface area (Å²) >= 11 is 0. The summed E-state index contributed by atoms with van der Waals surface area (Å²) in [4.78, 5) is 8.74. The lowest BCUT2D eigenvalue weighted by Gasteiger charge is -2.18. The third-order valence-electron chi connectivity index (χ3n) is 3.69. The molecule has 1 atom stereocenters. The van der Waals surface area contributed by atoms with E-state index in [1.54, 1.807) is 12.4 Å². The van der Waals surface area contributed by atoms with Crippen LogP contribution in [0.25, 0.3) is 11.0 Å². The highest BCUT2D eigenvalue weighted by Gasteiger charge is 2.10. The van der Waals surface area contributed by atoms with Gasteiger partial charge in [-0.05, 0) is 30.7 Å². The summed E-state index contributed by atoms with van der Waals surface area (Å²) in [5.74, 6) is 0. The van der Waals surface area contributed by atoms with Crippen LogP contribution in [0, 0.1) is 0 Å². The molecular formula is C17H25N3. The molecule has 108 valence electrons. The Labute approximate surface area is 121 Å². The second kappa shape index (κ2) is 7.95. The highest BCUT2D eigenvalue weighted by atomic mass is 14.9. The number of aromatic nitrogens is 2. The van der Waals surface area contributed by atoms with Crippen LogP contribution < -0.4 is 5.32 Å². The van der Waals surface area contributed by atoms with Crippen molar-refractivity contribution in [1.82, 2.24) is 15.3 Å². The maximum atomic E-state index is 4.40. The maximum absolute atomic E-state index is 4.40. The van der Waals surface area contributed by atoms with E-state index in [9.17, 15) is 0 Å². The molecule has 0 saturated carbocycles. The number of hydrogen-bond donors (Lipinski definition) is 1. The van der Waals surface area contributed by atoms with Crippen molar-refractivity contribution in [3.63, 3.8) is 0 Å². The first kappa shape index (κ1) is 14.9. The SMILES string of the molecule is CCCCCCC(NCC)c1ccc2nccnc2c1. The summed E-state index contributed by atoms with van der Waals surface area (Å²) in [6.45, 7) is 5.42. The van der Waals surface area contributed by atoms with Crippen LogP contribution in [0.1, 0.15) is 57.6 Å². The van der Waals surface area contributed by atoms with Gasteiger partial charge >= 0.3 is 0 Å². The van der Waals surface area contributed by atoms with E-state index < -0.39 is 0 Å². The highest BCUT2D eigenvalue weighted by molar-refractivity contribution is 5.74. The molecule has 3 heteroatoms. The standard InChI is InChI=1S/C17H25N3/c1-3-5-6-7-8-15(18-4-2)14-9-10-16-17(13-14)20-12-11-19-16/h9-13,15,18H,3-8H2,1-2H3. The van der Waals surface area contributed by atoms with Gasteiger partial charge in [-0.25, -0.2) is 0 Å². The van der Waals surface area contributed by atoms with Crippen molar-refractivity contribution in [2.24, 2.45) is 0 Å². The van der Waals surface area contributed by atoms with Gasteiger partial charge in [0.15, 0.2) is 0 Å². The fraction of sp³-hybridized carbons (Fsp3) is 0.529. The summed E-state index contributed by atoms with van der Waals surface area (Å²) in [5.41, 5.74) is 3.29. The summed E-state index contributed by atoms with van der Waals surface area (Å²) in [7, 11) is 0. The zero-order valence-electron chi connectivity index (χ0n) is 12.6. The van der Waals surface area contributed by atoms with Crippen molar-refractivity contribution in [3.8, 4) is 0 Å². The number of benzene rings is 1. The van der Waals surface area contributed by atoms with Crippen molar-refractivity contribution in [2.75, 3.05) is 6.54 Å². The predicted molar refractivity (Wildman–Crippen MR) is 84.7 cm³/mol. The molecule has 1 unspecified atom stereocenters. The number of unbranched alkanes of at least 4 members (excludes halogenated alkanes) is 3. The molecule has 2 aromatic rings. The molecular weight excluding hydrogens is 246 g/mol. The average molecular weight is 271 g/mol. The van der Waals surface area contributed by atoms with E-state index in [-0.39, 0.29) is 0 Å². The van der Waals surface area contributed by atoms with Gasteiger partial charge in [0.1, 0.15) is 0 Å². The number of hydrogen-bond acceptors (Lipinski definition) is 3. The predicted octanol–water partition coefficient (Wildman–Crippen LogP) is 4.25. The van der Waals surface area contributed by atoms with Gasteiger partial charge in [0.05, 0.1) is 11.0 Å². The quantitative estimate of drug-likeness (QED) is 0.729. The molecule has 3 nitrogen and oxygen atoms in total. The van der Waals surface area contributed by atoms with Crippen LogP contribution in [0.3, 0.4) is 0 Å². The van der Waals surface area contributed by atoms with Crippen LogP contribution in [0.4, 0.5) is 0 Å². The lowest BCUT2D eigenvalue weighted by Crippen LogP contribution is -2.20. The number of nitrogens with zero attached hydrogens (tertiary/aromatic N) is 2. The molecule has 0 radical (unpaired) electrons. The Bertz CT molecular complexity index is 524. The van der Waals surface area contributed by atoms with Crippen LogP contribution in [0.5, 0.6) is 0 Å². The summed E-state index contributed by atoms with van der Waals surface area (Å²) < 4.78 is 0. The van der Waals surface area contributed by atoms with Crippen LogP contribution in [-0.2, 0) is 0 Å². The Morgan fingerprint density at radius 2 is 1.80 bits per heavy atom. The summed E-state index contributed by atoms with van der Waals surface area (Å²) in [6.07, 6.45) is 9.93. The first-order valence-corrected chi connectivity index (χ1v) is 7.79. The van der Waals surface area contributed by atoms with E-state index in [4.69, 9.17) is 0 Å². The molecule has 0 bridgehead atoms. The van der Waals surface area contributed by atoms with Crippen molar-refractivity contribution >= 4 is 11.0 Å². The highest BCUT2D eigenvalue weighted by Crippen LogP contribution is 2.22. The van der Waals surface area contributed by atoms with Gasteiger partial charge in [-0.15, -0.1) is 0 Å². The van der Waals surface area contributed by atoms with Crippen LogP contribution in [-0.4, -0.2) is 16.5 Å². The van der Waals surface area contributed by atoms with Gasteiger partial charge in [-0.3, -0.25) is 9.97 Å². The molecule has 0 amide bonds. The molecule has 1 N–H and O–H groups in total. The molecule has 1 heterocycles. The molecule has 0 fully saturated rings. The van der Waals surface area contributed by atoms with Crippen molar-refractivity contribution in [2.45, 2.75) is 52.0 Å². The normalized spacial score (nSPS) is 12.7. The topological polar surface area (TPSA) is 37.8 Å². The maximum Gasteiger partial charge on any atom is 0.0890 e. The third-order valence-corrected chi connectivity index (χ3v) is 3.69. The zero-order chi connectivity index (χ0) is 14.2. The van der Waals surface area contributed by atoms with Crippen LogP contribution in [0.2, 0.25) is 0 Å². The minimum Gasteiger partial charge on any atom is -0.310 e. The Hall–Kier alpha value is -1.48. The van der Waals surface area contributed by atoms with Gasteiger partial charge in [-0.1, -0.05) is 45.6 Å². The van der Waals surface area contributed by atoms with Gasteiger partial charge in [0.25, 0.3) is 0 Å². The number of rotatable bonds is 8. The lowest BCUT2D eigenvalue weighted by molar-refractivity contribution is 0.482. The molecule has 2 rings (SSSR count). The third kappa shape index (κ3) is 4.01. The molecule has 0 saturated heterocycles. The fourth-order valence-corrected chi connectivity index (χ4v) is 2.61. The van der Waals surface area contributed by atoms with E-state index in [2.05, 4.69) is 47.3 Å². The first-order valence-electron chi connectivity index (χ1n) is 7.79. The minimum absolute atomic E-state index is 0.434. The zero-order valence-corrected chi connectivity index (χ0v) is 12.6. The van der Waals surface area contributed by atoms with Crippen molar-refractivity contribution in [3.05, 3.63) is 36.2 Å². The van der Waals surface area contributed by atoms with E-state index >= 15 is 0 Å². The molecule has 1 aromatic carbocycles. The second-order valence-corrected chi connectivity index (χ2v) is 5.26. The molecule has 0 aliphatic carbocycles. The van der Waals surface area contributed by atoms with E-state index in [0.29, 0.717) is 6.04 Å². The van der Waals surface area contributed by atoms with Gasteiger partial charge in [0.2, 0.25) is 0 Å². The van der Waals surface area contributed by atoms with Gasteiger partial charge in [0, 0.05) is 18.4 Å². The summed E-state index contributed by atoms with van der Waals surface area (Å²) in [6, 6.07) is 6.87. The van der Waals surface area contributed by atoms with E-state index in [0.717, 1.165) is 17.6 Å². The monoisotopic (exact) mass is 271 g/mol. The largest absolute Gasteiger partial charge is 0.310 e. The van der Waals surface area contributed by atoms with Crippen LogP contribution in [0.15, 0.2) is 30.6 Å². The number of nitrogens with one attached hydrogen (secondary N) is 1. The molecule has 0 aliphatic heterocycles. The second-order valence-electron chi connectivity index (χ2n) is 5.26. The van der Waals surface area contributed by atoms with Crippen molar-refractivity contribution < 1.29 is 0 Å². The fourth-order valence-electron chi connectivity index (χ4n) is 2.61. The van der Waals surface area contributed by atoms with E-state index in [1.807, 2.05) is 0 Å². The Balaban J connectivity index is 2.09. The lowest BCUT2D eigenvalue weighted by atomic mass is 9.99. The van der Waals surface area contributed by atoms with Crippen molar-refractivity contribution in [1.29, 1.82) is 0 Å². The van der Waals surface area contributed by atoms with Crippen LogP contribution >= 0.6 is 0 Å². The minimum atomic E-state index is 0.434. The average Bonchev–Trinajstić information content (AvgIpc) is 2.50.